The highest BCUT2D eigenvalue weighted by molar-refractivity contribution is 5.91. The van der Waals surface area contributed by atoms with E-state index >= 15 is 0 Å². The molecule has 1 saturated heterocycles. The van der Waals surface area contributed by atoms with E-state index in [1.807, 2.05) is 30.3 Å². The standard InChI is InChI=1S/C17H20N5O4/c18-15-12-16(20-8-19-15)22(9-21-12,6-10-4-2-1-3-5-10)17-14(25)13(24)11(7-23)26-17/h1-5,8-9,11,13-14,17,23-25H,6-7H2,(H2,18,19,20)/q+1/t11-,13-,14-,17-,22?/m1/s1. The summed E-state index contributed by atoms with van der Waals surface area (Å²) in [5, 5.41) is 30.3. The number of fused-ring (bicyclic) bond motifs is 1. The molecule has 1 unspecified atom stereocenters. The maximum atomic E-state index is 10.6. The molecule has 1 aromatic carbocycles. The largest absolute Gasteiger partial charge is 0.394 e. The van der Waals surface area contributed by atoms with E-state index in [-0.39, 0.29) is 10.3 Å². The number of ether oxygens (including phenoxy) is 1. The van der Waals surface area contributed by atoms with E-state index in [9.17, 15) is 15.3 Å². The fraction of sp³-hybridized carbons (Fsp3) is 0.353. The van der Waals surface area contributed by atoms with Crippen molar-refractivity contribution < 1.29 is 20.1 Å². The zero-order valence-corrected chi connectivity index (χ0v) is 13.9. The Bertz CT molecular complexity index is 833. The lowest BCUT2D eigenvalue weighted by atomic mass is 10.1. The van der Waals surface area contributed by atoms with Crippen LogP contribution >= 0.6 is 0 Å². The van der Waals surface area contributed by atoms with E-state index in [2.05, 4.69) is 15.0 Å². The highest BCUT2D eigenvalue weighted by atomic mass is 16.6. The van der Waals surface area contributed by atoms with Crippen LogP contribution < -0.4 is 10.2 Å². The second kappa shape index (κ2) is 6.38. The van der Waals surface area contributed by atoms with Crippen LogP contribution in [-0.2, 0) is 11.3 Å². The van der Waals surface area contributed by atoms with Gasteiger partial charge in [-0.3, -0.25) is 0 Å². The number of aliphatic hydroxyl groups is 3. The number of anilines is 1. The van der Waals surface area contributed by atoms with Gasteiger partial charge in [0.2, 0.25) is 6.23 Å². The molecule has 1 fully saturated rings. The third-order valence-corrected chi connectivity index (χ3v) is 4.88. The van der Waals surface area contributed by atoms with Crippen LogP contribution in [0.25, 0.3) is 0 Å². The Hall–Kier alpha value is -2.43. The first-order chi connectivity index (χ1) is 12.6. The summed E-state index contributed by atoms with van der Waals surface area (Å²) >= 11 is 0. The monoisotopic (exact) mass is 358 g/mol. The van der Waals surface area contributed by atoms with E-state index in [0.717, 1.165) is 5.56 Å². The molecule has 0 bridgehead atoms. The second-order valence-electron chi connectivity index (χ2n) is 6.48. The minimum Gasteiger partial charge on any atom is -0.394 e. The number of nitrogens with two attached hydrogens (primary N) is 1. The van der Waals surface area contributed by atoms with Crippen LogP contribution in [0, 0.1) is 0 Å². The molecule has 5 N–H and O–H groups in total. The summed E-state index contributed by atoms with van der Waals surface area (Å²) in [5.41, 5.74) is 7.31. The van der Waals surface area contributed by atoms with E-state index in [1.165, 1.54) is 6.33 Å². The van der Waals surface area contributed by atoms with Gasteiger partial charge in [-0.25, -0.2) is 4.98 Å². The van der Waals surface area contributed by atoms with Crippen LogP contribution in [0.2, 0.25) is 0 Å². The van der Waals surface area contributed by atoms with Crippen molar-refractivity contribution in [3.8, 4) is 0 Å². The molecule has 0 aliphatic carbocycles. The SMILES string of the molecule is Nc1ncnc2c1N=C[N+]2(Cc1ccccc1)[C@@H]1O[C@H](CO)[C@@H](O)[C@H]1O. The molecule has 136 valence electrons. The van der Waals surface area contributed by atoms with Gasteiger partial charge in [-0.05, 0) is 0 Å². The lowest BCUT2D eigenvalue weighted by molar-refractivity contribution is -0.0693. The zero-order valence-electron chi connectivity index (χ0n) is 13.9. The number of rotatable bonds is 4. The topological polar surface area (TPSA) is 134 Å². The molecule has 0 amide bonds. The first-order valence-electron chi connectivity index (χ1n) is 8.27. The van der Waals surface area contributed by atoms with E-state index < -0.39 is 31.1 Å². The molecule has 0 spiro atoms. The van der Waals surface area contributed by atoms with Gasteiger partial charge >= 0.3 is 0 Å². The smallest absolute Gasteiger partial charge is 0.267 e. The number of quaternary nitrogens is 1. The van der Waals surface area contributed by atoms with Gasteiger partial charge in [0.1, 0.15) is 25.1 Å². The van der Waals surface area contributed by atoms with Gasteiger partial charge in [0, 0.05) is 5.56 Å². The first-order valence-corrected chi connectivity index (χ1v) is 8.27. The molecule has 26 heavy (non-hydrogen) atoms. The Morgan fingerprint density at radius 2 is 1.88 bits per heavy atom. The van der Waals surface area contributed by atoms with Gasteiger partial charge in [0.25, 0.3) is 5.82 Å². The molecule has 0 saturated carbocycles. The number of hydrogen-bond acceptors (Lipinski definition) is 8. The molecular formula is C17H20N5O4+. The summed E-state index contributed by atoms with van der Waals surface area (Å²) in [5.74, 6) is 0.710. The Labute approximate surface area is 149 Å². The summed E-state index contributed by atoms with van der Waals surface area (Å²) in [7, 11) is 0. The fourth-order valence-corrected chi connectivity index (χ4v) is 3.56. The minimum atomic E-state index is -1.23. The molecular weight excluding hydrogens is 338 g/mol. The second-order valence-corrected chi connectivity index (χ2v) is 6.48. The van der Waals surface area contributed by atoms with E-state index in [0.29, 0.717) is 18.1 Å². The lowest BCUT2D eigenvalue weighted by Gasteiger charge is -2.35. The minimum absolute atomic E-state index is 0.0825. The number of benzene rings is 1. The molecule has 3 heterocycles. The summed E-state index contributed by atoms with van der Waals surface area (Å²) < 4.78 is 5.74. The number of aliphatic hydroxyl groups excluding tert-OH is 3. The van der Waals surface area contributed by atoms with Gasteiger partial charge in [-0.2, -0.15) is 14.5 Å². The highest BCUT2D eigenvalue weighted by Gasteiger charge is 2.57. The Balaban J connectivity index is 1.83. The van der Waals surface area contributed by atoms with E-state index in [4.69, 9.17) is 10.5 Å². The average molecular weight is 358 g/mol. The summed E-state index contributed by atoms with van der Waals surface area (Å²) in [6, 6.07) is 9.61. The lowest BCUT2D eigenvalue weighted by Crippen LogP contribution is -2.59. The summed E-state index contributed by atoms with van der Waals surface area (Å²) in [4.78, 5) is 12.7. The average Bonchev–Trinajstić information content (AvgIpc) is 3.16. The van der Waals surface area contributed by atoms with Crippen LogP contribution in [0.1, 0.15) is 5.56 Å². The number of hydrogen-bond donors (Lipinski definition) is 4. The van der Waals surface area contributed by atoms with Crippen molar-refractivity contribution in [2.24, 2.45) is 4.99 Å². The Morgan fingerprint density at radius 3 is 2.58 bits per heavy atom. The third-order valence-electron chi connectivity index (χ3n) is 4.88. The van der Waals surface area contributed by atoms with Crippen molar-refractivity contribution in [2.45, 2.75) is 31.1 Å². The zero-order chi connectivity index (χ0) is 18.3. The molecule has 2 aliphatic heterocycles. The van der Waals surface area contributed by atoms with Gasteiger partial charge < -0.3 is 25.8 Å². The third kappa shape index (κ3) is 2.49. The number of nitrogen functional groups attached to an aromatic ring is 1. The van der Waals surface area contributed by atoms with Crippen molar-refractivity contribution in [1.82, 2.24) is 14.5 Å². The molecule has 1 aromatic heterocycles. The molecule has 4 rings (SSSR count). The van der Waals surface area contributed by atoms with Crippen LogP contribution in [0.15, 0.2) is 41.7 Å². The van der Waals surface area contributed by atoms with Crippen molar-refractivity contribution in [3.63, 3.8) is 0 Å². The summed E-state index contributed by atoms with van der Waals surface area (Å²) in [6.45, 7) is -0.0314. The van der Waals surface area contributed by atoms with Crippen molar-refractivity contribution in [2.75, 3.05) is 12.3 Å². The molecule has 5 atom stereocenters. The van der Waals surface area contributed by atoms with Gasteiger partial charge in [-0.15, -0.1) is 0 Å². The maximum absolute atomic E-state index is 10.6. The first kappa shape index (κ1) is 17.0. The van der Waals surface area contributed by atoms with Crippen LogP contribution in [0.3, 0.4) is 0 Å². The van der Waals surface area contributed by atoms with Crippen LogP contribution in [-0.4, -0.2) is 62.8 Å². The van der Waals surface area contributed by atoms with Crippen molar-refractivity contribution in [3.05, 3.63) is 42.2 Å². The normalized spacial score (nSPS) is 32.7. The maximum Gasteiger partial charge on any atom is 0.267 e. The van der Waals surface area contributed by atoms with Crippen molar-refractivity contribution in [1.29, 1.82) is 0 Å². The van der Waals surface area contributed by atoms with Gasteiger partial charge in [-0.1, -0.05) is 30.3 Å². The van der Waals surface area contributed by atoms with Gasteiger partial charge in [0.15, 0.2) is 23.9 Å². The number of aliphatic imine (C=N–C) groups is 1. The van der Waals surface area contributed by atoms with Gasteiger partial charge in [0.05, 0.1) is 6.61 Å². The van der Waals surface area contributed by atoms with Crippen LogP contribution in [0.4, 0.5) is 17.3 Å². The molecule has 0 radical (unpaired) electrons. The quantitative estimate of drug-likeness (QED) is 0.550. The molecule has 9 heteroatoms. The Kier molecular flexibility index (Phi) is 4.17. The van der Waals surface area contributed by atoms with Crippen molar-refractivity contribution >= 4 is 23.7 Å². The number of nitrogens with zero attached hydrogens (tertiary/aromatic N) is 4. The fourth-order valence-electron chi connectivity index (χ4n) is 3.56. The predicted molar refractivity (Wildman–Crippen MR) is 94.3 cm³/mol. The molecule has 9 nitrogen and oxygen atoms in total. The summed E-state index contributed by atoms with van der Waals surface area (Å²) in [6.07, 6.45) is -1.30. The van der Waals surface area contributed by atoms with E-state index in [1.54, 1.807) is 6.34 Å². The highest BCUT2D eigenvalue weighted by Crippen LogP contribution is 2.44. The Morgan fingerprint density at radius 1 is 1.12 bits per heavy atom. The number of aromatic nitrogens is 2. The van der Waals surface area contributed by atoms with Crippen LogP contribution in [0.5, 0.6) is 0 Å². The molecule has 2 aromatic rings. The predicted octanol–water partition coefficient (Wildman–Crippen LogP) is -0.321. The molecule has 2 aliphatic rings.